The largest absolute Gasteiger partial charge is 0.481 e. The van der Waals surface area contributed by atoms with Gasteiger partial charge in [-0.25, -0.2) is 4.79 Å². The Morgan fingerprint density at radius 2 is 2.16 bits per heavy atom. The third-order valence-corrected chi connectivity index (χ3v) is 3.13. The molecule has 1 aliphatic heterocycles. The van der Waals surface area contributed by atoms with Crippen molar-refractivity contribution in [3.8, 4) is 0 Å². The van der Waals surface area contributed by atoms with Crippen LogP contribution >= 0.6 is 0 Å². The van der Waals surface area contributed by atoms with Crippen LogP contribution in [0.25, 0.3) is 0 Å². The summed E-state index contributed by atoms with van der Waals surface area (Å²) in [5.74, 6) is -1.49. The monoisotopic (exact) mass is 269 g/mol. The third-order valence-electron chi connectivity index (χ3n) is 3.13. The Hall–Kier alpha value is -1.52. The van der Waals surface area contributed by atoms with E-state index in [-0.39, 0.29) is 6.04 Å². The first-order valence-corrected chi connectivity index (χ1v) is 6.59. The molecule has 0 radical (unpaired) electrons. The van der Waals surface area contributed by atoms with Crippen LogP contribution in [0.4, 0.5) is 4.79 Å². The number of aliphatic carboxylic acids is 1. The molecule has 108 valence electrons. The molecular weight excluding hydrogens is 246 g/mol. The minimum absolute atomic E-state index is 0.301. The van der Waals surface area contributed by atoms with Crippen LogP contribution in [0.15, 0.2) is 12.7 Å². The number of carbonyl (C=O) groups excluding carboxylic acids is 1. The first kappa shape index (κ1) is 15.5. The highest BCUT2D eigenvalue weighted by molar-refractivity contribution is 5.74. The van der Waals surface area contributed by atoms with E-state index in [1.165, 1.54) is 0 Å². The summed E-state index contributed by atoms with van der Waals surface area (Å²) in [6.07, 6.45) is 3.03. The highest BCUT2D eigenvalue weighted by atomic mass is 16.6. The minimum Gasteiger partial charge on any atom is -0.481 e. The minimum atomic E-state index is -0.889. The highest BCUT2D eigenvalue weighted by Gasteiger charge is 2.39. The van der Waals surface area contributed by atoms with E-state index in [0.717, 1.165) is 6.42 Å². The van der Waals surface area contributed by atoms with Crippen LogP contribution in [0.5, 0.6) is 0 Å². The molecular formula is C14H23NO4. The van der Waals surface area contributed by atoms with E-state index in [2.05, 4.69) is 6.58 Å². The van der Waals surface area contributed by atoms with E-state index in [1.807, 2.05) is 0 Å². The predicted octanol–water partition coefficient (Wildman–Crippen LogP) is 2.66. The maximum Gasteiger partial charge on any atom is 0.410 e. The molecule has 0 spiro atoms. The quantitative estimate of drug-likeness (QED) is 0.797. The van der Waals surface area contributed by atoms with Gasteiger partial charge in [-0.15, -0.1) is 6.58 Å². The van der Waals surface area contributed by atoms with Crippen LogP contribution < -0.4 is 0 Å². The lowest BCUT2D eigenvalue weighted by molar-refractivity contribution is -0.143. The zero-order valence-corrected chi connectivity index (χ0v) is 11.9. The summed E-state index contributed by atoms with van der Waals surface area (Å²) in [6.45, 7) is 9.54. The third kappa shape index (κ3) is 4.26. The van der Waals surface area contributed by atoms with E-state index in [4.69, 9.17) is 4.74 Å². The maximum atomic E-state index is 12.1. The van der Waals surface area contributed by atoms with E-state index >= 15 is 0 Å². The van der Waals surface area contributed by atoms with Gasteiger partial charge in [0.1, 0.15) is 5.60 Å². The number of hydrogen-bond donors (Lipinski definition) is 1. The van der Waals surface area contributed by atoms with Crippen LogP contribution in [-0.2, 0) is 9.53 Å². The normalized spacial score (nSPS) is 21.0. The summed E-state index contributed by atoms with van der Waals surface area (Å²) in [6, 6.07) is -0.301. The zero-order valence-electron chi connectivity index (χ0n) is 11.9. The molecule has 0 bridgehead atoms. The van der Waals surface area contributed by atoms with Gasteiger partial charge in [-0.3, -0.25) is 4.79 Å². The first-order chi connectivity index (χ1) is 8.76. The van der Waals surface area contributed by atoms with Crippen molar-refractivity contribution in [2.75, 3.05) is 6.54 Å². The predicted molar refractivity (Wildman–Crippen MR) is 71.9 cm³/mol. The number of hydrogen-bond acceptors (Lipinski definition) is 3. The number of ether oxygens (including phenoxy) is 1. The lowest BCUT2D eigenvalue weighted by Gasteiger charge is -2.31. The summed E-state index contributed by atoms with van der Waals surface area (Å²) < 4.78 is 5.33. The molecule has 0 unspecified atom stereocenters. The van der Waals surface area contributed by atoms with Gasteiger partial charge >= 0.3 is 12.1 Å². The molecule has 1 N–H and O–H groups in total. The number of allylic oxidation sites excluding steroid dienone is 1. The number of likely N-dealkylation sites (tertiary alicyclic amines) is 1. The molecule has 0 aromatic rings. The lowest BCUT2D eigenvalue weighted by Crippen LogP contribution is -2.45. The number of carboxylic acid groups (broad SMARTS) is 1. The van der Waals surface area contributed by atoms with Crippen molar-refractivity contribution in [3.05, 3.63) is 12.7 Å². The summed E-state index contributed by atoms with van der Waals surface area (Å²) in [5.41, 5.74) is -0.568. The SMILES string of the molecule is C=CC[C@H](C(=O)O)[C@H]1CCCN1C(=O)OC(C)(C)C. The van der Waals surface area contributed by atoms with E-state index in [9.17, 15) is 14.7 Å². The summed E-state index contributed by atoms with van der Waals surface area (Å²) >= 11 is 0. The number of carbonyl (C=O) groups is 2. The Morgan fingerprint density at radius 1 is 1.53 bits per heavy atom. The first-order valence-electron chi connectivity index (χ1n) is 6.59. The molecule has 1 saturated heterocycles. The Balaban J connectivity index is 2.80. The number of amides is 1. The second-order valence-electron chi connectivity index (χ2n) is 5.85. The second-order valence-corrected chi connectivity index (χ2v) is 5.85. The summed E-state index contributed by atoms with van der Waals surface area (Å²) in [7, 11) is 0. The fraction of sp³-hybridized carbons (Fsp3) is 0.714. The van der Waals surface area contributed by atoms with Gasteiger partial charge in [-0.2, -0.15) is 0 Å². The Kier molecular flexibility index (Phi) is 4.97. The molecule has 1 fully saturated rings. The Bertz CT molecular complexity index is 359. The van der Waals surface area contributed by atoms with Crippen LogP contribution in [0.1, 0.15) is 40.0 Å². The van der Waals surface area contributed by atoms with Crippen LogP contribution in [0.2, 0.25) is 0 Å². The molecule has 1 aliphatic rings. The molecule has 0 saturated carbocycles. The topological polar surface area (TPSA) is 66.8 Å². The van der Waals surface area contributed by atoms with Gasteiger partial charge in [0.15, 0.2) is 0 Å². The maximum absolute atomic E-state index is 12.1. The molecule has 19 heavy (non-hydrogen) atoms. The van der Waals surface area contributed by atoms with Gasteiger partial charge in [0, 0.05) is 12.6 Å². The summed E-state index contributed by atoms with van der Waals surface area (Å²) in [4.78, 5) is 24.9. The zero-order chi connectivity index (χ0) is 14.6. The average Bonchev–Trinajstić information content (AvgIpc) is 2.71. The van der Waals surface area contributed by atoms with Gasteiger partial charge in [0.25, 0.3) is 0 Å². The summed E-state index contributed by atoms with van der Waals surface area (Å²) in [5, 5.41) is 9.27. The van der Waals surface area contributed by atoms with Crippen molar-refractivity contribution in [1.29, 1.82) is 0 Å². The molecule has 5 heteroatoms. The molecule has 2 atom stereocenters. The van der Waals surface area contributed by atoms with E-state index < -0.39 is 23.6 Å². The van der Waals surface area contributed by atoms with Crippen LogP contribution in [-0.4, -0.2) is 40.3 Å². The van der Waals surface area contributed by atoms with Gasteiger partial charge < -0.3 is 14.7 Å². The standard InChI is InChI=1S/C14H23NO4/c1-5-7-10(12(16)17)11-8-6-9-15(11)13(18)19-14(2,3)4/h5,10-11H,1,6-9H2,2-4H3,(H,16,17)/t10-,11+/m0/s1. The van der Waals surface area contributed by atoms with E-state index in [1.54, 1.807) is 31.7 Å². The van der Waals surface area contributed by atoms with Crippen molar-refractivity contribution in [1.82, 2.24) is 4.90 Å². The van der Waals surface area contributed by atoms with Crippen molar-refractivity contribution in [2.24, 2.45) is 5.92 Å². The van der Waals surface area contributed by atoms with E-state index in [0.29, 0.717) is 19.4 Å². The van der Waals surface area contributed by atoms with Crippen molar-refractivity contribution < 1.29 is 19.4 Å². The fourth-order valence-corrected chi connectivity index (χ4v) is 2.36. The Morgan fingerprint density at radius 3 is 2.63 bits per heavy atom. The molecule has 1 amide bonds. The van der Waals surface area contributed by atoms with Gasteiger partial charge in [0.2, 0.25) is 0 Å². The van der Waals surface area contributed by atoms with Crippen molar-refractivity contribution in [3.63, 3.8) is 0 Å². The average molecular weight is 269 g/mol. The highest BCUT2D eigenvalue weighted by Crippen LogP contribution is 2.28. The number of rotatable bonds is 4. The molecule has 0 aromatic heterocycles. The fourth-order valence-electron chi connectivity index (χ4n) is 2.36. The number of nitrogens with zero attached hydrogens (tertiary/aromatic N) is 1. The second kappa shape index (κ2) is 6.08. The van der Waals surface area contributed by atoms with Crippen molar-refractivity contribution >= 4 is 12.1 Å². The molecule has 1 rings (SSSR count). The molecule has 5 nitrogen and oxygen atoms in total. The van der Waals surface area contributed by atoms with Gasteiger partial charge in [0.05, 0.1) is 5.92 Å². The molecule has 0 aliphatic carbocycles. The molecule has 1 heterocycles. The van der Waals surface area contributed by atoms with Crippen LogP contribution in [0.3, 0.4) is 0 Å². The van der Waals surface area contributed by atoms with Gasteiger partial charge in [-0.1, -0.05) is 6.08 Å². The van der Waals surface area contributed by atoms with Crippen molar-refractivity contribution in [2.45, 2.75) is 51.7 Å². The van der Waals surface area contributed by atoms with Crippen LogP contribution in [0, 0.1) is 5.92 Å². The number of carboxylic acids is 1. The lowest BCUT2D eigenvalue weighted by atomic mass is 9.94. The Labute approximate surface area is 114 Å². The smallest absolute Gasteiger partial charge is 0.410 e. The van der Waals surface area contributed by atoms with Gasteiger partial charge in [-0.05, 0) is 40.0 Å². The molecule has 0 aromatic carbocycles.